The van der Waals surface area contributed by atoms with Crippen molar-refractivity contribution in [2.24, 2.45) is 11.8 Å². The van der Waals surface area contributed by atoms with Crippen molar-refractivity contribution in [2.45, 2.75) is 25.8 Å². The molecule has 0 spiro atoms. The molecular formula is C25H22F4O4. The molecule has 4 nitrogen and oxygen atoms in total. The summed E-state index contributed by atoms with van der Waals surface area (Å²) in [5.74, 6) is -4.51. The maximum absolute atomic E-state index is 14.1. The number of ketones is 2. The van der Waals surface area contributed by atoms with Gasteiger partial charge >= 0.3 is 6.36 Å². The molecule has 174 valence electrons. The highest BCUT2D eigenvalue weighted by molar-refractivity contribution is 6.44. The van der Waals surface area contributed by atoms with E-state index >= 15 is 0 Å². The summed E-state index contributed by atoms with van der Waals surface area (Å²) in [6, 6.07) is 13.0. The lowest BCUT2D eigenvalue weighted by molar-refractivity contribution is -0.274. The van der Waals surface area contributed by atoms with Gasteiger partial charge in [-0.2, -0.15) is 0 Å². The first kappa shape index (κ1) is 24.4. The maximum atomic E-state index is 14.1. The standard InChI is InChI=1S/C25H22F4O4/c1-2-14-32-24(17-8-11-19(12-9-17)33-25(27,28)29)20-13-10-18(26)15-21(20)23(31)22(30)16-6-4-3-5-7-16/h3-13,15,20-21,24H,2,14H2,1H3. The van der Waals surface area contributed by atoms with E-state index in [4.69, 9.17) is 4.74 Å². The van der Waals surface area contributed by atoms with E-state index in [2.05, 4.69) is 4.74 Å². The van der Waals surface area contributed by atoms with Gasteiger partial charge < -0.3 is 9.47 Å². The minimum Gasteiger partial charge on any atom is -0.406 e. The van der Waals surface area contributed by atoms with E-state index in [1.165, 1.54) is 36.4 Å². The molecule has 0 N–H and O–H groups in total. The molecule has 1 aliphatic carbocycles. The number of halogens is 4. The van der Waals surface area contributed by atoms with E-state index in [-0.39, 0.29) is 12.2 Å². The summed E-state index contributed by atoms with van der Waals surface area (Å²) in [5.41, 5.74) is 0.651. The Hall–Kier alpha value is -3.26. The number of benzene rings is 2. The quantitative estimate of drug-likeness (QED) is 0.254. The predicted molar refractivity (Wildman–Crippen MR) is 113 cm³/mol. The average Bonchev–Trinajstić information content (AvgIpc) is 2.79. The zero-order valence-corrected chi connectivity index (χ0v) is 17.7. The normalized spacial score (nSPS) is 19.0. The molecule has 0 saturated heterocycles. The summed E-state index contributed by atoms with van der Waals surface area (Å²) in [6.45, 7) is 2.16. The minimum absolute atomic E-state index is 0.185. The van der Waals surface area contributed by atoms with Gasteiger partial charge in [0, 0.05) is 18.1 Å². The van der Waals surface area contributed by atoms with Gasteiger partial charge in [-0.05, 0) is 36.3 Å². The molecule has 0 radical (unpaired) electrons. The van der Waals surface area contributed by atoms with Crippen LogP contribution in [0, 0.1) is 11.8 Å². The Kier molecular flexibility index (Phi) is 7.81. The molecule has 2 aromatic carbocycles. The number of carbonyl (C=O) groups excluding carboxylic acids is 2. The third-order valence-electron chi connectivity index (χ3n) is 5.09. The average molecular weight is 462 g/mol. The summed E-state index contributed by atoms with van der Waals surface area (Å²) >= 11 is 0. The second kappa shape index (κ2) is 10.6. The van der Waals surface area contributed by atoms with Gasteiger partial charge in [0.05, 0.1) is 12.0 Å². The van der Waals surface area contributed by atoms with Crippen molar-refractivity contribution in [2.75, 3.05) is 6.61 Å². The van der Waals surface area contributed by atoms with Crippen LogP contribution in [0.4, 0.5) is 17.6 Å². The number of hydrogen-bond acceptors (Lipinski definition) is 4. The van der Waals surface area contributed by atoms with E-state index in [1.54, 1.807) is 18.2 Å². The van der Waals surface area contributed by atoms with Crippen LogP contribution in [0.3, 0.4) is 0 Å². The zero-order chi connectivity index (χ0) is 24.0. The van der Waals surface area contributed by atoms with Crippen LogP contribution in [0.1, 0.15) is 35.4 Å². The molecule has 0 saturated carbocycles. The first-order chi connectivity index (χ1) is 15.7. The van der Waals surface area contributed by atoms with Crippen molar-refractivity contribution in [1.29, 1.82) is 0 Å². The fraction of sp³-hybridized carbons (Fsp3) is 0.280. The smallest absolute Gasteiger partial charge is 0.406 e. The lowest BCUT2D eigenvalue weighted by Gasteiger charge is -2.31. The Morgan fingerprint density at radius 3 is 2.30 bits per heavy atom. The Bertz CT molecular complexity index is 1030. The molecule has 0 aliphatic heterocycles. The molecular weight excluding hydrogens is 440 g/mol. The van der Waals surface area contributed by atoms with Gasteiger partial charge in [0.15, 0.2) is 0 Å². The monoisotopic (exact) mass is 462 g/mol. The number of hydrogen-bond donors (Lipinski definition) is 0. The Morgan fingerprint density at radius 1 is 1.03 bits per heavy atom. The highest BCUT2D eigenvalue weighted by Gasteiger charge is 2.38. The maximum Gasteiger partial charge on any atom is 0.573 e. The fourth-order valence-electron chi connectivity index (χ4n) is 3.62. The van der Waals surface area contributed by atoms with E-state index in [9.17, 15) is 27.2 Å². The van der Waals surface area contributed by atoms with Crippen molar-refractivity contribution >= 4 is 11.6 Å². The van der Waals surface area contributed by atoms with Crippen molar-refractivity contribution in [3.63, 3.8) is 0 Å². The number of allylic oxidation sites excluding steroid dienone is 3. The number of alkyl halides is 3. The first-order valence-corrected chi connectivity index (χ1v) is 10.4. The molecule has 0 amide bonds. The predicted octanol–water partition coefficient (Wildman–Crippen LogP) is 6.16. The SMILES string of the molecule is CCCOC(c1ccc(OC(F)(F)F)cc1)C1C=CC(F)=CC1C(=O)C(=O)c1ccccc1. The van der Waals surface area contributed by atoms with Gasteiger partial charge in [-0.25, -0.2) is 4.39 Å². The van der Waals surface area contributed by atoms with Crippen LogP contribution in [0.25, 0.3) is 0 Å². The number of rotatable bonds is 9. The van der Waals surface area contributed by atoms with Gasteiger partial charge in [-0.3, -0.25) is 9.59 Å². The molecule has 3 unspecified atom stereocenters. The zero-order valence-electron chi connectivity index (χ0n) is 17.7. The van der Waals surface area contributed by atoms with Crippen LogP contribution < -0.4 is 4.74 Å². The molecule has 0 fully saturated rings. The second-order valence-corrected chi connectivity index (χ2v) is 7.48. The molecule has 0 bridgehead atoms. The van der Waals surface area contributed by atoms with Crippen LogP contribution in [-0.4, -0.2) is 24.5 Å². The highest BCUT2D eigenvalue weighted by atomic mass is 19.4. The van der Waals surface area contributed by atoms with E-state index in [0.717, 1.165) is 18.2 Å². The summed E-state index contributed by atoms with van der Waals surface area (Å²) in [7, 11) is 0. The van der Waals surface area contributed by atoms with E-state index in [0.29, 0.717) is 12.0 Å². The molecule has 3 rings (SSSR count). The van der Waals surface area contributed by atoms with Gasteiger partial charge in [0.1, 0.15) is 11.6 Å². The third kappa shape index (κ3) is 6.38. The number of ether oxygens (including phenoxy) is 2. The van der Waals surface area contributed by atoms with Gasteiger partial charge in [-0.1, -0.05) is 55.5 Å². The molecule has 2 aromatic rings. The fourth-order valence-corrected chi connectivity index (χ4v) is 3.62. The summed E-state index contributed by atoms with van der Waals surface area (Å²) in [6.07, 6.45) is -1.28. The van der Waals surface area contributed by atoms with E-state index in [1.807, 2.05) is 6.92 Å². The van der Waals surface area contributed by atoms with Crippen LogP contribution in [0.2, 0.25) is 0 Å². The molecule has 8 heteroatoms. The van der Waals surface area contributed by atoms with Crippen molar-refractivity contribution < 1.29 is 36.6 Å². The number of carbonyl (C=O) groups is 2. The topological polar surface area (TPSA) is 52.6 Å². The molecule has 0 aromatic heterocycles. The van der Waals surface area contributed by atoms with Crippen molar-refractivity contribution in [3.8, 4) is 5.75 Å². The molecule has 0 heterocycles. The molecule has 3 atom stereocenters. The third-order valence-corrected chi connectivity index (χ3v) is 5.09. The molecule has 1 aliphatic rings. The second-order valence-electron chi connectivity index (χ2n) is 7.48. The lowest BCUT2D eigenvalue weighted by atomic mass is 9.77. The highest BCUT2D eigenvalue weighted by Crippen LogP contribution is 2.38. The van der Waals surface area contributed by atoms with Crippen LogP contribution in [-0.2, 0) is 9.53 Å². The van der Waals surface area contributed by atoms with Crippen LogP contribution >= 0.6 is 0 Å². The first-order valence-electron chi connectivity index (χ1n) is 10.4. The van der Waals surface area contributed by atoms with Crippen LogP contribution in [0.5, 0.6) is 5.75 Å². The Morgan fingerprint density at radius 2 is 1.70 bits per heavy atom. The summed E-state index contributed by atoms with van der Waals surface area (Å²) < 4.78 is 61.4. The largest absolute Gasteiger partial charge is 0.573 e. The van der Waals surface area contributed by atoms with E-state index < -0.39 is 47.4 Å². The summed E-state index contributed by atoms with van der Waals surface area (Å²) in [4.78, 5) is 25.8. The van der Waals surface area contributed by atoms with Crippen molar-refractivity contribution in [1.82, 2.24) is 0 Å². The summed E-state index contributed by atoms with van der Waals surface area (Å²) in [5, 5.41) is 0. The lowest BCUT2D eigenvalue weighted by Crippen LogP contribution is -2.33. The van der Waals surface area contributed by atoms with Crippen LogP contribution in [0.15, 0.2) is 78.7 Å². The Labute approximate surface area is 188 Å². The van der Waals surface area contributed by atoms with Gasteiger partial charge in [0.2, 0.25) is 11.6 Å². The molecule has 33 heavy (non-hydrogen) atoms. The van der Waals surface area contributed by atoms with Gasteiger partial charge in [-0.15, -0.1) is 13.2 Å². The van der Waals surface area contributed by atoms with Gasteiger partial charge in [0.25, 0.3) is 0 Å². The van der Waals surface area contributed by atoms with Crippen molar-refractivity contribution in [3.05, 3.63) is 89.8 Å². The Balaban J connectivity index is 1.92. The minimum atomic E-state index is -4.83. The number of Topliss-reactive ketones (excluding diaryl/α,β-unsaturated/α-hetero) is 2.